The molecule has 0 saturated carbocycles. The first-order valence-electron chi connectivity index (χ1n) is 6.47. The third-order valence-electron chi connectivity index (χ3n) is 2.65. The van der Waals surface area contributed by atoms with Crippen molar-refractivity contribution in [1.82, 2.24) is 10.2 Å². The third-order valence-corrected chi connectivity index (χ3v) is 2.65. The standard InChI is InChI=1S/C14H20F2N2O2/c1-4-5-17-8-10-6-11(15)14(12(16)7-10)20-9-13(19)18(2)3/h6-7,17H,4-5,8-9H2,1-3H3. The molecule has 1 amide bonds. The van der Waals surface area contributed by atoms with Gasteiger partial charge in [-0.1, -0.05) is 6.92 Å². The number of amides is 1. The number of carbonyl (C=O) groups excluding carboxylic acids is 1. The van der Waals surface area contributed by atoms with Gasteiger partial charge in [-0.3, -0.25) is 4.79 Å². The lowest BCUT2D eigenvalue weighted by atomic mass is 10.2. The van der Waals surface area contributed by atoms with Gasteiger partial charge < -0.3 is 15.0 Å². The molecular formula is C14H20F2N2O2. The zero-order valence-corrected chi connectivity index (χ0v) is 12.0. The number of carbonyl (C=O) groups is 1. The second-order valence-corrected chi connectivity index (χ2v) is 4.64. The van der Waals surface area contributed by atoms with Crippen molar-refractivity contribution >= 4 is 5.91 Å². The molecule has 0 heterocycles. The maximum Gasteiger partial charge on any atom is 0.259 e. The van der Waals surface area contributed by atoms with Crippen LogP contribution >= 0.6 is 0 Å². The molecule has 1 aromatic rings. The Balaban J connectivity index is 2.71. The highest BCUT2D eigenvalue weighted by Crippen LogP contribution is 2.23. The van der Waals surface area contributed by atoms with Crippen molar-refractivity contribution in [3.05, 3.63) is 29.3 Å². The lowest BCUT2D eigenvalue weighted by Crippen LogP contribution is -2.28. The fourth-order valence-corrected chi connectivity index (χ4v) is 1.52. The lowest BCUT2D eigenvalue weighted by Gasteiger charge is -2.13. The largest absolute Gasteiger partial charge is 0.478 e. The van der Waals surface area contributed by atoms with Crippen molar-refractivity contribution in [3.63, 3.8) is 0 Å². The van der Waals surface area contributed by atoms with Crippen LogP contribution in [0.4, 0.5) is 8.78 Å². The minimum Gasteiger partial charge on any atom is -0.478 e. The second kappa shape index (κ2) is 7.79. The van der Waals surface area contributed by atoms with E-state index in [4.69, 9.17) is 4.74 Å². The summed E-state index contributed by atoms with van der Waals surface area (Å²) < 4.78 is 32.4. The fourth-order valence-electron chi connectivity index (χ4n) is 1.52. The Morgan fingerprint density at radius 1 is 1.30 bits per heavy atom. The minimum absolute atomic E-state index is 0.363. The van der Waals surface area contributed by atoms with Gasteiger partial charge in [-0.05, 0) is 30.7 Å². The van der Waals surface area contributed by atoms with Crippen LogP contribution in [0.5, 0.6) is 5.75 Å². The molecule has 1 aromatic carbocycles. The van der Waals surface area contributed by atoms with E-state index in [1.807, 2.05) is 6.92 Å². The fraction of sp³-hybridized carbons (Fsp3) is 0.500. The maximum atomic E-state index is 13.8. The first-order chi connectivity index (χ1) is 9.45. The van der Waals surface area contributed by atoms with Crippen molar-refractivity contribution in [2.75, 3.05) is 27.2 Å². The van der Waals surface area contributed by atoms with E-state index in [2.05, 4.69) is 5.32 Å². The molecule has 4 nitrogen and oxygen atoms in total. The third kappa shape index (κ3) is 4.77. The number of nitrogens with one attached hydrogen (secondary N) is 1. The van der Waals surface area contributed by atoms with Crippen LogP contribution in [0.2, 0.25) is 0 Å². The molecule has 0 fully saturated rings. The Labute approximate surface area is 117 Å². The van der Waals surface area contributed by atoms with Crippen LogP contribution in [0.25, 0.3) is 0 Å². The number of rotatable bonds is 7. The molecule has 0 saturated heterocycles. The molecule has 20 heavy (non-hydrogen) atoms. The van der Waals surface area contributed by atoms with Crippen LogP contribution in [0.15, 0.2) is 12.1 Å². The van der Waals surface area contributed by atoms with Crippen molar-refractivity contribution in [1.29, 1.82) is 0 Å². The van der Waals surface area contributed by atoms with E-state index in [9.17, 15) is 13.6 Å². The Morgan fingerprint density at radius 2 is 1.90 bits per heavy atom. The molecule has 6 heteroatoms. The van der Waals surface area contributed by atoms with E-state index in [1.165, 1.54) is 17.0 Å². The van der Waals surface area contributed by atoms with Crippen LogP contribution in [-0.2, 0) is 11.3 Å². The van der Waals surface area contributed by atoms with E-state index in [-0.39, 0.29) is 5.91 Å². The summed E-state index contributed by atoms with van der Waals surface area (Å²) in [6.45, 7) is 2.78. The SMILES string of the molecule is CCCNCc1cc(F)c(OCC(=O)N(C)C)c(F)c1. The van der Waals surface area contributed by atoms with Gasteiger partial charge in [0.1, 0.15) is 0 Å². The van der Waals surface area contributed by atoms with E-state index < -0.39 is 24.0 Å². The first kappa shape index (κ1) is 16.4. The Hall–Kier alpha value is -1.69. The average molecular weight is 286 g/mol. The van der Waals surface area contributed by atoms with Gasteiger partial charge in [-0.15, -0.1) is 0 Å². The smallest absolute Gasteiger partial charge is 0.259 e. The first-order valence-corrected chi connectivity index (χ1v) is 6.47. The molecule has 0 radical (unpaired) electrons. The summed E-state index contributed by atoms with van der Waals surface area (Å²) in [5, 5.41) is 3.06. The minimum atomic E-state index is -0.801. The van der Waals surface area contributed by atoms with Gasteiger partial charge in [0, 0.05) is 20.6 Å². The monoisotopic (exact) mass is 286 g/mol. The van der Waals surface area contributed by atoms with Crippen LogP contribution in [0, 0.1) is 11.6 Å². The number of halogens is 2. The number of benzene rings is 1. The van der Waals surface area contributed by atoms with Gasteiger partial charge in [-0.2, -0.15) is 0 Å². The summed E-state index contributed by atoms with van der Waals surface area (Å²) in [7, 11) is 3.09. The lowest BCUT2D eigenvalue weighted by molar-refractivity contribution is -0.130. The molecule has 0 unspecified atom stereocenters. The van der Waals surface area contributed by atoms with Crippen LogP contribution in [0.1, 0.15) is 18.9 Å². The van der Waals surface area contributed by atoms with Gasteiger partial charge in [0.15, 0.2) is 24.0 Å². The van der Waals surface area contributed by atoms with E-state index >= 15 is 0 Å². The molecule has 0 bridgehead atoms. The topological polar surface area (TPSA) is 41.6 Å². The Kier molecular flexibility index (Phi) is 6.38. The number of hydrogen-bond acceptors (Lipinski definition) is 3. The van der Waals surface area contributed by atoms with Crippen molar-refractivity contribution in [2.45, 2.75) is 19.9 Å². The van der Waals surface area contributed by atoms with Crippen LogP contribution in [-0.4, -0.2) is 38.1 Å². The molecule has 0 atom stereocenters. The molecule has 0 aliphatic carbocycles. The molecule has 1 rings (SSSR count). The highest BCUT2D eigenvalue weighted by molar-refractivity contribution is 5.77. The highest BCUT2D eigenvalue weighted by atomic mass is 19.1. The number of ether oxygens (including phenoxy) is 1. The molecular weight excluding hydrogens is 266 g/mol. The van der Waals surface area contributed by atoms with Gasteiger partial charge in [0.25, 0.3) is 5.91 Å². The molecule has 0 aliphatic rings. The Bertz CT molecular complexity index is 441. The predicted octanol–water partition coefficient (Wildman–Crippen LogP) is 1.93. The zero-order valence-electron chi connectivity index (χ0n) is 12.0. The maximum absolute atomic E-state index is 13.8. The summed E-state index contributed by atoms with van der Waals surface area (Å²) in [4.78, 5) is 12.6. The summed E-state index contributed by atoms with van der Waals surface area (Å²) in [5.74, 6) is -2.48. The van der Waals surface area contributed by atoms with E-state index in [1.54, 1.807) is 14.1 Å². The zero-order chi connectivity index (χ0) is 15.1. The van der Waals surface area contributed by atoms with Crippen LogP contribution < -0.4 is 10.1 Å². The summed E-state index contributed by atoms with van der Waals surface area (Å²) in [6, 6.07) is 2.42. The van der Waals surface area contributed by atoms with Gasteiger partial charge >= 0.3 is 0 Å². The van der Waals surface area contributed by atoms with E-state index in [0.29, 0.717) is 12.1 Å². The quantitative estimate of drug-likeness (QED) is 0.779. The summed E-state index contributed by atoms with van der Waals surface area (Å²) in [5.41, 5.74) is 0.500. The number of nitrogens with zero attached hydrogens (tertiary/aromatic N) is 1. The van der Waals surface area contributed by atoms with Gasteiger partial charge in [-0.25, -0.2) is 8.78 Å². The Morgan fingerprint density at radius 3 is 2.40 bits per heavy atom. The van der Waals surface area contributed by atoms with Crippen molar-refractivity contribution < 1.29 is 18.3 Å². The highest BCUT2D eigenvalue weighted by Gasteiger charge is 2.14. The molecule has 1 N–H and O–H groups in total. The average Bonchev–Trinajstić information content (AvgIpc) is 2.37. The summed E-state index contributed by atoms with van der Waals surface area (Å²) in [6.07, 6.45) is 0.943. The number of likely N-dealkylation sites (N-methyl/N-ethyl adjacent to an activating group) is 1. The predicted molar refractivity (Wildman–Crippen MR) is 72.5 cm³/mol. The van der Waals surface area contributed by atoms with Crippen LogP contribution in [0.3, 0.4) is 0 Å². The molecule has 0 spiro atoms. The van der Waals surface area contributed by atoms with Gasteiger partial charge in [0.05, 0.1) is 0 Å². The van der Waals surface area contributed by atoms with Gasteiger partial charge in [0.2, 0.25) is 0 Å². The van der Waals surface area contributed by atoms with Crippen molar-refractivity contribution in [2.24, 2.45) is 0 Å². The second-order valence-electron chi connectivity index (χ2n) is 4.64. The molecule has 0 aromatic heterocycles. The van der Waals surface area contributed by atoms with E-state index in [0.717, 1.165) is 13.0 Å². The normalized spacial score (nSPS) is 10.4. The molecule has 112 valence electrons. The molecule has 0 aliphatic heterocycles. The number of hydrogen-bond donors (Lipinski definition) is 1. The van der Waals surface area contributed by atoms with Crippen molar-refractivity contribution in [3.8, 4) is 5.75 Å². The summed E-state index contributed by atoms with van der Waals surface area (Å²) >= 11 is 0.